The van der Waals surface area contributed by atoms with E-state index in [4.69, 9.17) is 4.74 Å². The number of rotatable bonds is 3. The highest BCUT2D eigenvalue weighted by molar-refractivity contribution is 5.80. The van der Waals surface area contributed by atoms with E-state index in [1.807, 2.05) is 7.11 Å². The summed E-state index contributed by atoms with van der Waals surface area (Å²) < 4.78 is 5.69. The number of aliphatic imine (C=N–C) groups is 1. The van der Waals surface area contributed by atoms with Crippen LogP contribution in [0.5, 0.6) is 0 Å². The van der Waals surface area contributed by atoms with Crippen LogP contribution in [0.15, 0.2) is 4.99 Å². The zero-order valence-corrected chi connectivity index (χ0v) is 13.1. The zero-order valence-electron chi connectivity index (χ0n) is 13.1. The lowest BCUT2D eigenvalue weighted by Gasteiger charge is -2.59. The van der Waals surface area contributed by atoms with E-state index in [1.165, 1.54) is 12.8 Å². The molecule has 0 bridgehead atoms. The number of likely N-dealkylation sites (tertiary alicyclic amines) is 1. The Kier molecular flexibility index (Phi) is 4.09. The Morgan fingerprint density at radius 3 is 2.42 bits per heavy atom. The van der Waals surface area contributed by atoms with Gasteiger partial charge in [0.05, 0.1) is 5.60 Å². The molecule has 2 rings (SSSR count). The number of methoxy groups -OCH3 is 1. The molecule has 2 fully saturated rings. The predicted molar refractivity (Wildman–Crippen MR) is 79.5 cm³/mol. The Morgan fingerprint density at radius 2 is 1.95 bits per heavy atom. The molecule has 2 aliphatic rings. The summed E-state index contributed by atoms with van der Waals surface area (Å²) in [5.74, 6) is 1.09. The highest BCUT2D eigenvalue weighted by atomic mass is 16.5. The van der Waals surface area contributed by atoms with Crippen LogP contribution in [0, 0.1) is 5.41 Å². The maximum absolute atomic E-state index is 5.69. The molecular weight excluding hydrogens is 238 g/mol. The predicted octanol–water partition coefficient (Wildman–Crippen LogP) is 2.25. The highest BCUT2D eigenvalue weighted by Gasteiger charge is 2.58. The molecule has 2 atom stereocenters. The normalized spacial score (nSPS) is 34.3. The van der Waals surface area contributed by atoms with E-state index in [-0.39, 0.29) is 11.0 Å². The van der Waals surface area contributed by atoms with Crippen molar-refractivity contribution in [1.29, 1.82) is 0 Å². The fourth-order valence-corrected chi connectivity index (χ4v) is 3.19. The van der Waals surface area contributed by atoms with Crippen molar-refractivity contribution in [2.75, 3.05) is 26.7 Å². The van der Waals surface area contributed by atoms with Crippen LogP contribution in [0.3, 0.4) is 0 Å². The van der Waals surface area contributed by atoms with E-state index in [1.54, 1.807) is 0 Å². The maximum Gasteiger partial charge on any atom is 0.194 e. The molecule has 0 amide bonds. The zero-order chi connectivity index (χ0) is 14.1. The van der Waals surface area contributed by atoms with Crippen LogP contribution in [0.4, 0.5) is 0 Å². The van der Waals surface area contributed by atoms with E-state index < -0.39 is 0 Å². The van der Waals surface area contributed by atoms with Gasteiger partial charge in [0.25, 0.3) is 0 Å². The Balaban J connectivity index is 2.02. The Labute approximate surface area is 117 Å². The van der Waals surface area contributed by atoms with Crippen LogP contribution >= 0.6 is 0 Å². The monoisotopic (exact) mass is 267 g/mol. The van der Waals surface area contributed by atoms with E-state index in [0.29, 0.717) is 6.04 Å². The second-order valence-corrected chi connectivity index (χ2v) is 6.55. The third-order valence-corrected chi connectivity index (χ3v) is 5.30. The lowest BCUT2D eigenvalue weighted by molar-refractivity contribution is -0.176. The van der Waals surface area contributed by atoms with E-state index in [9.17, 15) is 0 Å². The van der Waals surface area contributed by atoms with Crippen molar-refractivity contribution in [1.82, 2.24) is 10.2 Å². The maximum atomic E-state index is 5.69. The van der Waals surface area contributed by atoms with Crippen LogP contribution < -0.4 is 5.32 Å². The highest BCUT2D eigenvalue weighted by Crippen LogP contribution is 2.51. The Hall–Kier alpha value is -0.770. The first kappa shape index (κ1) is 14.6. The minimum atomic E-state index is -0.0208. The number of guanidine groups is 1. The van der Waals surface area contributed by atoms with Gasteiger partial charge < -0.3 is 15.0 Å². The van der Waals surface area contributed by atoms with E-state index in [2.05, 4.69) is 42.9 Å². The minimum Gasteiger partial charge on any atom is -0.378 e. The lowest BCUT2D eigenvalue weighted by Crippen LogP contribution is -2.69. The Morgan fingerprint density at radius 1 is 1.32 bits per heavy atom. The number of ether oxygens (including phenoxy) is 1. The van der Waals surface area contributed by atoms with Gasteiger partial charge in [0.15, 0.2) is 5.96 Å². The second-order valence-electron chi connectivity index (χ2n) is 6.55. The van der Waals surface area contributed by atoms with Crippen molar-refractivity contribution < 1.29 is 4.74 Å². The molecule has 110 valence electrons. The van der Waals surface area contributed by atoms with Crippen molar-refractivity contribution in [3.63, 3.8) is 0 Å². The molecule has 2 unspecified atom stereocenters. The molecule has 1 aliphatic carbocycles. The SMILES string of the molecule is CCN=C(NC1CC(C)(OC)C1(C)C)N1CCCC1. The number of hydrogen-bond donors (Lipinski definition) is 1. The number of hydrogen-bond acceptors (Lipinski definition) is 2. The molecule has 0 aromatic heterocycles. The van der Waals surface area contributed by atoms with Gasteiger partial charge in [-0.25, -0.2) is 0 Å². The summed E-state index contributed by atoms with van der Waals surface area (Å²) in [6.45, 7) is 12.0. The van der Waals surface area contributed by atoms with Crippen molar-refractivity contribution >= 4 is 5.96 Å². The fourth-order valence-electron chi connectivity index (χ4n) is 3.19. The molecule has 4 nitrogen and oxygen atoms in total. The second kappa shape index (κ2) is 5.31. The van der Waals surface area contributed by atoms with Crippen LogP contribution in [-0.2, 0) is 4.74 Å². The topological polar surface area (TPSA) is 36.9 Å². The van der Waals surface area contributed by atoms with Gasteiger partial charge in [-0.2, -0.15) is 0 Å². The Bertz CT molecular complexity index is 347. The lowest BCUT2D eigenvalue weighted by atomic mass is 9.56. The standard InChI is InChI=1S/C15H29N3O/c1-6-16-13(18-9-7-8-10-18)17-12-11-15(4,19-5)14(12,2)3/h12H,6-11H2,1-5H3,(H,16,17). The smallest absolute Gasteiger partial charge is 0.194 e. The van der Waals surface area contributed by atoms with Gasteiger partial charge >= 0.3 is 0 Å². The van der Waals surface area contributed by atoms with Crippen LogP contribution in [0.2, 0.25) is 0 Å². The van der Waals surface area contributed by atoms with Gasteiger partial charge in [0, 0.05) is 38.2 Å². The molecular formula is C15H29N3O. The van der Waals surface area contributed by atoms with Crippen LogP contribution in [0.25, 0.3) is 0 Å². The molecule has 1 saturated heterocycles. The van der Waals surface area contributed by atoms with Gasteiger partial charge in [0.1, 0.15) is 0 Å². The van der Waals surface area contributed by atoms with Gasteiger partial charge in [-0.3, -0.25) is 4.99 Å². The molecule has 4 heteroatoms. The first-order chi connectivity index (χ1) is 8.94. The van der Waals surface area contributed by atoms with Crippen LogP contribution in [0.1, 0.15) is 47.0 Å². The summed E-state index contributed by atoms with van der Waals surface area (Å²) in [7, 11) is 1.82. The number of nitrogens with zero attached hydrogens (tertiary/aromatic N) is 2. The quantitative estimate of drug-likeness (QED) is 0.629. The third-order valence-electron chi connectivity index (χ3n) is 5.30. The molecule has 0 aromatic carbocycles. The van der Waals surface area contributed by atoms with Crippen LogP contribution in [-0.4, -0.2) is 49.2 Å². The first-order valence-corrected chi connectivity index (χ1v) is 7.55. The molecule has 0 spiro atoms. The number of nitrogens with one attached hydrogen (secondary N) is 1. The van der Waals surface area contributed by atoms with Crippen molar-refractivity contribution in [3.8, 4) is 0 Å². The molecule has 1 aliphatic heterocycles. The van der Waals surface area contributed by atoms with E-state index >= 15 is 0 Å². The largest absolute Gasteiger partial charge is 0.378 e. The van der Waals surface area contributed by atoms with Gasteiger partial charge in [-0.05, 0) is 33.1 Å². The summed E-state index contributed by atoms with van der Waals surface area (Å²) in [5.41, 5.74) is 0.114. The summed E-state index contributed by atoms with van der Waals surface area (Å²) in [5, 5.41) is 3.67. The average molecular weight is 267 g/mol. The molecule has 19 heavy (non-hydrogen) atoms. The summed E-state index contributed by atoms with van der Waals surface area (Å²) in [6.07, 6.45) is 3.62. The molecule has 1 N–H and O–H groups in total. The minimum absolute atomic E-state index is 0.0208. The fraction of sp³-hybridized carbons (Fsp3) is 0.933. The summed E-state index contributed by atoms with van der Waals surface area (Å²) >= 11 is 0. The molecule has 1 heterocycles. The molecule has 1 saturated carbocycles. The summed E-state index contributed by atoms with van der Waals surface area (Å²) in [4.78, 5) is 7.05. The van der Waals surface area contributed by atoms with Gasteiger partial charge in [-0.15, -0.1) is 0 Å². The van der Waals surface area contributed by atoms with Gasteiger partial charge in [0.2, 0.25) is 0 Å². The van der Waals surface area contributed by atoms with Crippen molar-refractivity contribution in [2.45, 2.75) is 58.6 Å². The van der Waals surface area contributed by atoms with E-state index in [0.717, 1.165) is 32.0 Å². The molecule has 0 radical (unpaired) electrons. The van der Waals surface area contributed by atoms with Crippen molar-refractivity contribution in [2.24, 2.45) is 10.4 Å². The average Bonchev–Trinajstić information content (AvgIpc) is 2.90. The summed E-state index contributed by atoms with van der Waals surface area (Å²) in [6, 6.07) is 0.448. The van der Waals surface area contributed by atoms with Gasteiger partial charge in [-0.1, -0.05) is 13.8 Å². The third kappa shape index (κ3) is 2.47. The molecule has 0 aromatic rings. The first-order valence-electron chi connectivity index (χ1n) is 7.55. The van der Waals surface area contributed by atoms with Crippen molar-refractivity contribution in [3.05, 3.63) is 0 Å².